The maximum Gasteiger partial charge on any atom is 0.253 e. The molecule has 4 rings (SSSR count). The summed E-state index contributed by atoms with van der Waals surface area (Å²) in [5, 5.41) is 0.599. The molecule has 2 amide bonds. The highest BCUT2D eigenvalue weighted by Gasteiger charge is 2.25. The second kappa shape index (κ2) is 9.01. The van der Waals surface area contributed by atoms with Gasteiger partial charge in [-0.1, -0.05) is 29.8 Å². The van der Waals surface area contributed by atoms with Crippen LogP contribution in [0.2, 0.25) is 5.02 Å². The van der Waals surface area contributed by atoms with Gasteiger partial charge >= 0.3 is 0 Å². The predicted molar refractivity (Wildman–Crippen MR) is 116 cm³/mol. The molecule has 0 N–H and O–H groups in total. The van der Waals surface area contributed by atoms with Gasteiger partial charge in [-0.2, -0.15) is 0 Å². The van der Waals surface area contributed by atoms with Crippen molar-refractivity contribution in [3.8, 4) is 11.5 Å². The molecule has 1 aliphatic heterocycles. The zero-order valence-electron chi connectivity index (χ0n) is 16.3. The molecule has 30 heavy (non-hydrogen) atoms. The van der Waals surface area contributed by atoms with Gasteiger partial charge in [-0.3, -0.25) is 9.59 Å². The molecule has 3 aromatic rings. The standard InChI is InChI=1S/C24H21ClN2O3/c25-20-10-6-18(7-11-20)23(28)26-14-16-27(17-15-26)24(29)19-8-12-22(13-9-19)30-21-4-2-1-3-5-21/h1-13H,14-17H2. The number of carbonyl (C=O) groups excluding carboxylic acids is 2. The Labute approximate surface area is 180 Å². The molecule has 0 unspecified atom stereocenters. The first-order chi connectivity index (χ1) is 14.6. The second-order valence-corrected chi connectivity index (χ2v) is 7.47. The first-order valence-corrected chi connectivity index (χ1v) is 10.1. The lowest BCUT2D eigenvalue weighted by atomic mass is 10.1. The zero-order valence-corrected chi connectivity index (χ0v) is 17.1. The Bertz CT molecular complexity index is 1010. The van der Waals surface area contributed by atoms with E-state index >= 15 is 0 Å². The topological polar surface area (TPSA) is 49.9 Å². The summed E-state index contributed by atoms with van der Waals surface area (Å²) in [5.74, 6) is 1.34. The van der Waals surface area contributed by atoms with E-state index in [1.54, 1.807) is 58.3 Å². The number of para-hydroxylation sites is 1. The van der Waals surface area contributed by atoms with Crippen molar-refractivity contribution in [2.24, 2.45) is 0 Å². The Hall–Kier alpha value is -3.31. The summed E-state index contributed by atoms with van der Waals surface area (Å²) in [4.78, 5) is 29.0. The maximum absolute atomic E-state index is 12.8. The fraction of sp³-hybridized carbons (Fsp3) is 0.167. The van der Waals surface area contributed by atoms with E-state index in [0.717, 1.165) is 5.75 Å². The SMILES string of the molecule is O=C(c1ccc(Cl)cc1)N1CCN(C(=O)c2ccc(Oc3ccccc3)cc2)CC1. The average molecular weight is 421 g/mol. The van der Waals surface area contributed by atoms with Gasteiger partial charge in [0.05, 0.1) is 0 Å². The molecule has 6 heteroatoms. The minimum absolute atomic E-state index is 0.0406. The molecule has 5 nitrogen and oxygen atoms in total. The van der Waals surface area contributed by atoms with Crippen LogP contribution in [0, 0.1) is 0 Å². The van der Waals surface area contributed by atoms with Crippen LogP contribution in [-0.4, -0.2) is 47.8 Å². The van der Waals surface area contributed by atoms with E-state index in [1.165, 1.54) is 0 Å². The lowest BCUT2D eigenvalue weighted by Gasteiger charge is -2.35. The number of hydrogen-bond donors (Lipinski definition) is 0. The van der Waals surface area contributed by atoms with E-state index in [9.17, 15) is 9.59 Å². The molecular formula is C24H21ClN2O3. The van der Waals surface area contributed by atoms with E-state index in [0.29, 0.717) is 48.1 Å². The van der Waals surface area contributed by atoms with Crippen molar-refractivity contribution in [3.05, 3.63) is 95.0 Å². The fourth-order valence-electron chi connectivity index (χ4n) is 3.36. The molecule has 0 saturated carbocycles. The third kappa shape index (κ3) is 4.63. The lowest BCUT2D eigenvalue weighted by Crippen LogP contribution is -2.50. The average Bonchev–Trinajstić information content (AvgIpc) is 2.80. The summed E-state index contributed by atoms with van der Waals surface area (Å²) in [5.41, 5.74) is 1.21. The van der Waals surface area contributed by atoms with Gasteiger partial charge in [0.1, 0.15) is 11.5 Å². The molecule has 1 fully saturated rings. The monoisotopic (exact) mass is 420 g/mol. The maximum atomic E-state index is 12.8. The van der Waals surface area contributed by atoms with E-state index in [1.807, 2.05) is 30.3 Å². The van der Waals surface area contributed by atoms with Gasteiger partial charge in [0.25, 0.3) is 11.8 Å². The number of ether oxygens (including phenoxy) is 1. The molecule has 1 heterocycles. The number of carbonyl (C=O) groups is 2. The predicted octanol–water partition coefficient (Wildman–Crippen LogP) is 4.73. The summed E-state index contributed by atoms with van der Waals surface area (Å²) in [6.45, 7) is 2.01. The van der Waals surface area contributed by atoms with Crippen molar-refractivity contribution < 1.29 is 14.3 Å². The highest BCUT2D eigenvalue weighted by atomic mass is 35.5. The van der Waals surface area contributed by atoms with Crippen LogP contribution in [0.25, 0.3) is 0 Å². The Morgan fingerprint density at radius 1 is 0.633 bits per heavy atom. The number of halogens is 1. The molecule has 0 atom stereocenters. The van der Waals surface area contributed by atoms with E-state index in [4.69, 9.17) is 16.3 Å². The number of piperazine rings is 1. The Morgan fingerprint density at radius 2 is 1.07 bits per heavy atom. The third-order valence-corrected chi connectivity index (χ3v) is 5.28. The van der Waals surface area contributed by atoms with Crippen LogP contribution in [0.4, 0.5) is 0 Å². The first-order valence-electron chi connectivity index (χ1n) is 9.77. The van der Waals surface area contributed by atoms with Crippen LogP contribution in [0.5, 0.6) is 11.5 Å². The molecule has 0 radical (unpaired) electrons. The Kier molecular flexibility index (Phi) is 6.00. The number of nitrogens with zero attached hydrogens (tertiary/aromatic N) is 2. The molecule has 152 valence electrons. The summed E-state index contributed by atoms with van der Waals surface area (Å²) in [6, 6.07) is 23.5. The van der Waals surface area contributed by atoms with Crippen molar-refractivity contribution in [2.75, 3.05) is 26.2 Å². The number of hydrogen-bond acceptors (Lipinski definition) is 3. The molecule has 3 aromatic carbocycles. The smallest absolute Gasteiger partial charge is 0.253 e. The quantitative estimate of drug-likeness (QED) is 0.613. The molecular weight excluding hydrogens is 400 g/mol. The van der Waals surface area contributed by atoms with Crippen molar-refractivity contribution in [1.29, 1.82) is 0 Å². The Balaban J connectivity index is 1.33. The van der Waals surface area contributed by atoms with E-state index < -0.39 is 0 Å². The summed E-state index contributed by atoms with van der Waals surface area (Å²) in [7, 11) is 0. The molecule has 1 saturated heterocycles. The van der Waals surface area contributed by atoms with Gasteiger partial charge in [0.15, 0.2) is 0 Å². The second-order valence-electron chi connectivity index (χ2n) is 7.03. The molecule has 0 aliphatic carbocycles. The summed E-state index contributed by atoms with van der Waals surface area (Å²) < 4.78 is 5.77. The van der Waals surface area contributed by atoms with Gasteiger partial charge in [-0.15, -0.1) is 0 Å². The van der Waals surface area contributed by atoms with E-state index in [2.05, 4.69) is 0 Å². The molecule has 0 aromatic heterocycles. The normalized spacial score (nSPS) is 13.8. The van der Waals surface area contributed by atoms with Gasteiger partial charge in [0, 0.05) is 42.3 Å². The molecule has 0 bridgehead atoms. The number of benzene rings is 3. The van der Waals surface area contributed by atoms with Crippen molar-refractivity contribution >= 4 is 23.4 Å². The van der Waals surface area contributed by atoms with Crippen molar-refractivity contribution in [2.45, 2.75) is 0 Å². The van der Waals surface area contributed by atoms with Crippen LogP contribution >= 0.6 is 11.6 Å². The molecule has 1 aliphatic rings. The minimum Gasteiger partial charge on any atom is -0.457 e. The van der Waals surface area contributed by atoms with Crippen molar-refractivity contribution in [3.63, 3.8) is 0 Å². The molecule has 0 spiro atoms. The van der Waals surface area contributed by atoms with Crippen LogP contribution in [0.1, 0.15) is 20.7 Å². The van der Waals surface area contributed by atoms with E-state index in [-0.39, 0.29) is 11.8 Å². The highest BCUT2D eigenvalue weighted by Crippen LogP contribution is 2.22. The third-order valence-electron chi connectivity index (χ3n) is 5.03. The first kappa shape index (κ1) is 20.0. The zero-order chi connectivity index (χ0) is 20.9. The number of rotatable bonds is 4. The van der Waals surface area contributed by atoms with Crippen LogP contribution in [0.3, 0.4) is 0 Å². The number of amides is 2. The summed E-state index contributed by atoms with van der Waals surface area (Å²) in [6.07, 6.45) is 0. The van der Waals surface area contributed by atoms with Crippen LogP contribution < -0.4 is 4.74 Å². The minimum atomic E-state index is -0.0418. The van der Waals surface area contributed by atoms with Crippen molar-refractivity contribution in [1.82, 2.24) is 9.80 Å². The van der Waals surface area contributed by atoms with Crippen LogP contribution in [-0.2, 0) is 0 Å². The highest BCUT2D eigenvalue weighted by molar-refractivity contribution is 6.30. The Morgan fingerprint density at radius 3 is 1.57 bits per heavy atom. The largest absolute Gasteiger partial charge is 0.457 e. The lowest BCUT2D eigenvalue weighted by molar-refractivity contribution is 0.0535. The van der Waals surface area contributed by atoms with Gasteiger partial charge in [-0.25, -0.2) is 0 Å². The van der Waals surface area contributed by atoms with Gasteiger partial charge in [0.2, 0.25) is 0 Å². The van der Waals surface area contributed by atoms with Gasteiger partial charge < -0.3 is 14.5 Å². The summed E-state index contributed by atoms with van der Waals surface area (Å²) >= 11 is 5.89. The van der Waals surface area contributed by atoms with Crippen LogP contribution in [0.15, 0.2) is 78.9 Å². The fourth-order valence-corrected chi connectivity index (χ4v) is 3.49. The van der Waals surface area contributed by atoms with Gasteiger partial charge in [-0.05, 0) is 60.7 Å².